The number of rotatable bonds is 6. The molecule has 0 aromatic heterocycles. The fraction of sp³-hybridized carbons (Fsp3) is 0.200. The lowest BCUT2D eigenvalue weighted by molar-refractivity contribution is 0.101. The van der Waals surface area contributed by atoms with E-state index in [0.29, 0.717) is 24.3 Å². The summed E-state index contributed by atoms with van der Waals surface area (Å²) < 4.78 is 41.0. The highest BCUT2D eigenvalue weighted by Crippen LogP contribution is 2.23. The van der Waals surface area contributed by atoms with Crippen molar-refractivity contribution < 1.29 is 22.4 Å². The van der Waals surface area contributed by atoms with Crippen molar-refractivity contribution >= 4 is 33.1 Å². The van der Waals surface area contributed by atoms with Crippen molar-refractivity contribution in [2.24, 2.45) is 0 Å². The molecule has 0 unspecified atom stereocenters. The van der Waals surface area contributed by atoms with Crippen LogP contribution in [0.5, 0.6) is 0 Å². The maximum Gasteiger partial charge on any atom is 0.255 e. The van der Waals surface area contributed by atoms with Crippen molar-refractivity contribution in [3.05, 3.63) is 89.7 Å². The van der Waals surface area contributed by atoms with Crippen LogP contribution in [0.2, 0.25) is 0 Å². The quantitative estimate of drug-likeness (QED) is 0.542. The molecule has 1 heterocycles. The Morgan fingerprint density at radius 3 is 2.24 bits per heavy atom. The summed E-state index contributed by atoms with van der Waals surface area (Å²) in [6.45, 7) is 2.87. The summed E-state index contributed by atoms with van der Waals surface area (Å²) in [4.78, 5) is 26.6. The van der Waals surface area contributed by atoms with Gasteiger partial charge in [-0.3, -0.25) is 9.59 Å². The second-order valence-electron chi connectivity index (χ2n) is 7.95. The van der Waals surface area contributed by atoms with Crippen molar-refractivity contribution in [1.82, 2.24) is 4.31 Å². The number of carbonyl (C=O) groups excluding carboxylic acids is 2. The van der Waals surface area contributed by atoms with Crippen molar-refractivity contribution in [2.75, 3.05) is 36.4 Å². The predicted octanol–water partition coefficient (Wildman–Crippen LogP) is 3.79. The Morgan fingerprint density at radius 2 is 1.56 bits per heavy atom. The molecule has 1 saturated heterocycles. The van der Waals surface area contributed by atoms with E-state index in [1.807, 2.05) is 4.90 Å². The lowest BCUT2D eigenvalue weighted by atomic mass is 10.1. The number of piperazine rings is 1. The van der Waals surface area contributed by atoms with Crippen LogP contribution in [-0.2, 0) is 10.0 Å². The second-order valence-corrected chi connectivity index (χ2v) is 9.89. The Balaban J connectivity index is 1.48. The third-order valence-electron chi connectivity index (χ3n) is 5.72. The second kappa shape index (κ2) is 9.74. The summed E-state index contributed by atoms with van der Waals surface area (Å²) in [7, 11) is -3.81. The minimum absolute atomic E-state index is 0.0234. The molecule has 0 saturated carbocycles. The number of nitrogens with zero attached hydrogens (tertiary/aromatic N) is 2. The number of carbonyl (C=O) groups is 2. The molecule has 1 amide bonds. The molecular formula is C25H24FN3O4S. The molecule has 0 bridgehead atoms. The van der Waals surface area contributed by atoms with Crippen molar-refractivity contribution in [3.8, 4) is 0 Å². The number of hydrogen-bond donors (Lipinski definition) is 1. The Bertz CT molecular complexity index is 1320. The van der Waals surface area contributed by atoms with Gasteiger partial charge < -0.3 is 10.2 Å². The molecule has 34 heavy (non-hydrogen) atoms. The number of amides is 1. The highest BCUT2D eigenvalue weighted by molar-refractivity contribution is 7.89. The molecular weight excluding hydrogens is 457 g/mol. The normalized spacial score (nSPS) is 14.6. The van der Waals surface area contributed by atoms with E-state index in [9.17, 15) is 22.4 Å². The zero-order valence-corrected chi connectivity index (χ0v) is 19.4. The Hall–Kier alpha value is -3.56. The monoisotopic (exact) mass is 481 g/mol. The zero-order valence-electron chi connectivity index (χ0n) is 18.6. The summed E-state index contributed by atoms with van der Waals surface area (Å²) in [5, 5.41) is 2.69. The fourth-order valence-electron chi connectivity index (χ4n) is 3.88. The van der Waals surface area contributed by atoms with Gasteiger partial charge in [-0.15, -0.1) is 0 Å². The topological polar surface area (TPSA) is 86.8 Å². The van der Waals surface area contributed by atoms with Crippen LogP contribution >= 0.6 is 0 Å². The summed E-state index contributed by atoms with van der Waals surface area (Å²) in [5.74, 6) is -1.02. The maximum atomic E-state index is 13.2. The standard InChI is InChI=1S/C25H24FN3O4S/c1-18(30)23-7-2-3-8-24(23)27-25(31)19-5-4-6-22(17-19)34(32,33)29-15-13-28(14-16-29)21-11-9-20(26)10-12-21/h2-12,17H,13-16H2,1H3,(H,27,31). The van der Waals surface area contributed by atoms with Gasteiger partial charge in [-0.1, -0.05) is 18.2 Å². The third kappa shape index (κ3) is 5.00. The van der Waals surface area contributed by atoms with Gasteiger partial charge in [0.15, 0.2) is 5.78 Å². The highest BCUT2D eigenvalue weighted by Gasteiger charge is 2.29. The van der Waals surface area contributed by atoms with E-state index in [-0.39, 0.29) is 35.1 Å². The van der Waals surface area contributed by atoms with Crippen LogP contribution in [0.3, 0.4) is 0 Å². The van der Waals surface area contributed by atoms with Crippen LogP contribution in [0.25, 0.3) is 0 Å². The number of hydrogen-bond acceptors (Lipinski definition) is 5. The van der Waals surface area contributed by atoms with E-state index in [1.54, 1.807) is 36.4 Å². The summed E-state index contributed by atoms with van der Waals surface area (Å²) in [6, 6.07) is 18.6. The number of halogens is 1. The van der Waals surface area contributed by atoms with Crippen LogP contribution in [0, 0.1) is 5.82 Å². The van der Waals surface area contributed by atoms with Gasteiger partial charge >= 0.3 is 0 Å². The minimum Gasteiger partial charge on any atom is -0.369 e. The summed E-state index contributed by atoms with van der Waals surface area (Å²) in [6.07, 6.45) is 0. The van der Waals surface area contributed by atoms with E-state index in [0.717, 1.165) is 5.69 Å². The van der Waals surface area contributed by atoms with Crippen LogP contribution in [0.1, 0.15) is 27.6 Å². The maximum absolute atomic E-state index is 13.2. The van der Waals surface area contributed by atoms with Crippen LogP contribution < -0.4 is 10.2 Å². The molecule has 7 nitrogen and oxygen atoms in total. The summed E-state index contributed by atoms with van der Waals surface area (Å²) >= 11 is 0. The Labute approximate surface area is 197 Å². The van der Waals surface area contributed by atoms with Gasteiger partial charge in [0.1, 0.15) is 5.82 Å². The fourth-order valence-corrected chi connectivity index (χ4v) is 5.35. The van der Waals surface area contributed by atoms with Gasteiger partial charge in [0.25, 0.3) is 5.91 Å². The number of para-hydroxylation sites is 1. The smallest absolute Gasteiger partial charge is 0.255 e. The molecule has 176 valence electrons. The van der Waals surface area contributed by atoms with Crippen molar-refractivity contribution in [1.29, 1.82) is 0 Å². The molecule has 1 aliphatic heterocycles. The van der Waals surface area contributed by atoms with E-state index < -0.39 is 15.9 Å². The van der Waals surface area contributed by atoms with Crippen molar-refractivity contribution in [3.63, 3.8) is 0 Å². The molecule has 0 spiro atoms. The molecule has 1 fully saturated rings. The molecule has 4 rings (SSSR count). The van der Waals surface area contributed by atoms with Gasteiger partial charge in [-0.2, -0.15) is 4.31 Å². The first kappa shape index (κ1) is 23.6. The number of sulfonamides is 1. The van der Waals surface area contributed by atoms with Crippen LogP contribution in [-0.4, -0.2) is 50.6 Å². The van der Waals surface area contributed by atoms with Gasteiger partial charge in [0.05, 0.1) is 10.6 Å². The minimum atomic E-state index is -3.81. The van der Waals surface area contributed by atoms with E-state index in [1.165, 1.54) is 47.6 Å². The first-order valence-corrected chi connectivity index (χ1v) is 12.2. The molecule has 0 atom stereocenters. The number of ketones is 1. The molecule has 1 aliphatic rings. The van der Waals surface area contributed by atoms with Crippen molar-refractivity contribution in [2.45, 2.75) is 11.8 Å². The van der Waals surface area contributed by atoms with Gasteiger partial charge in [-0.05, 0) is 61.5 Å². The third-order valence-corrected chi connectivity index (χ3v) is 7.61. The molecule has 9 heteroatoms. The molecule has 3 aromatic carbocycles. The van der Waals surface area contributed by atoms with E-state index >= 15 is 0 Å². The van der Waals surface area contributed by atoms with Gasteiger partial charge in [0, 0.05) is 43.0 Å². The average Bonchev–Trinajstić information content (AvgIpc) is 2.85. The van der Waals surface area contributed by atoms with E-state index in [4.69, 9.17) is 0 Å². The van der Waals surface area contributed by atoms with E-state index in [2.05, 4.69) is 5.32 Å². The number of Topliss-reactive ketones (excluding diaryl/α,β-unsaturated/α-hetero) is 1. The zero-order chi connectivity index (χ0) is 24.3. The SMILES string of the molecule is CC(=O)c1ccccc1NC(=O)c1cccc(S(=O)(=O)N2CCN(c3ccc(F)cc3)CC2)c1. The Kier molecular flexibility index (Phi) is 6.76. The van der Waals surface area contributed by atoms with Crippen LogP contribution in [0.15, 0.2) is 77.7 Å². The Morgan fingerprint density at radius 1 is 0.882 bits per heavy atom. The largest absolute Gasteiger partial charge is 0.369 e. The number of anilines is 2. The highest BCUT2D eigenvalue weighted by atomic mass is 32.2. The predicted molar refractivity (Wildman–Crippen MR) is 128 cm³/mol. The lowest BCUT2D eigenvalue weighted by Crippen LogP contribution is -2.48. The van der Waals surface area contributed by atoms with Gasteiger partial charge in [-0.25, -0.2) is 12.8 Å². The molecule has 0 radical (unpaired) electrons. The number of nitrogens with one attached hydrogen (secondary N) is 1. The first-order chi connectivity index (χ1) is 16.3. The summed E-state index contributed by atoms with van der Waals surface area (Å²) in [5.41, 5.74) is 1.75. The first-order valence-electron chi connectivity index (χ1n) is 10.8. The molecule has 0 aliphatic carbocycles. The van der Waals surface area contributed by atoms with Gasteiger partial charge in [0.2, 0.25) is 10.0 Å². The molecule has 1 N–H and O–H groups in total. The lowest BCUT2D eigenvalue weighted by Gasteiger charge is -2.35. The molecule has 3 aromatic rings. The average molecular weight is 482 g/mol. The number of benzene rings is 3. The van der Waals surface area contributed by atoms with Crippen LogP contribution in [0.4, 0.5) is 15.8 Å².